The zero-order chi connectivity index (χ0) is 22.1. The highest BCUT2D eigenvalue weighted by Gasteiger charge is 2.22. The molecular formula is C25H22BrN3O2. The van der Waals surface area contributed by atoms with Crippen LogP contribution < -0.4 is 10.5 Å². The second kappa shape index (κ2) is 8.47. The molecule has 0 radical (unpaired) electrons. The van der Waals surface area contributed by atoms with E-state index in [2.05, 4.69) is 25.9 Å². The third-order valence-corrected chi connectivity index (χ3v) is 5.99. The average molecular weight is 476 g/mol. The molecule has 1 N–H and O–H groups in total. The Morgan fingerprint density at radius 2 is 1.77 bits per heavy atom. The van der Waals surface area contributed by atoms with Gasteiger partial charge in [-0.15, -0.1) is 0 Å². The van der Waals surface area contributed by atoms with Gasteiger partial charge in [-0.1, -0.05) is 30.3 Å². The topological polar surface area (TPSA) is 66.1 Å². The second-order valence-corrected chi connectivity index (χ2v) is 8.58. The first-order valence-corrected chi connectivity index (χ1v) is 10.7. The van der Waals surface area contributed by atoms with Gasteiger partial charge in [-0.25, -0.2) is 0 Å². The first-order chi connectivity index (χ1) is 14.8. The first-order valence-electron chi connectivity index (χ1n) is 9.95. The van der Waals surface area contributed by atoms with Crippen LogP contribution in [0.3, 0.4) is 0 Å². The summed E-state index contributed by atoms with van der Waals surface area (Å²) in [5.74, 6) is -0.216. The van der Waals surface area contributed by atoms with E-state index in [-0.39, 0.29) is 18.0 Å². The van der Waals surface area contributed by atoms with E-state index in [0.717, 1.165) is 37.8 Å². The van der Waals surface area contributed by atoms with E-state index in [4.69, 9.17) is 0 Å². The summed E-state index contributed by atoms with van der Waals surface area (Å²) in [5.41, 5.74) is 5.43. The number of anilines is 1. The third-order valence-electron chi connectivity index (χ3n) is 5.56. The molecule has 0 saturated carbocycles. The summed E-state index contributed by atoms with van der Waals surface area (Å²) in [6.07, 6.45) is 3.18. The highest BCUT2D eigenvalue weighted by Crippen LogP contribution is 2.27. The SMILES string of the molecule is Cc1cccc(N(Cc2cc3cccc(C)c3[nH]c2=O)C(=O)c2cncc(Br)c2)c1C. The molecule has 6 heteroatoms. The van der Waals surface area contributed by atoms with Crippen molar-refractivity contribution in [2.45, 2.75) is 27.3 Å². The molecule has 2 aromatic heterocycles. The van der Waals surface area contributed by atoms with E-state index in [0.29, 0.717) is 11.1 Å². The molecule has 0 saturated heterocycles. The van der Waals surface area contributed by atoms with E-state index in [1.807, 2.05) is 63.2 Å². The van der Waals surface area contributed by atoms with Crippen LogP contribution in [0.4, 0.5) is 5.69 Å². The lowest BCUT2D eigenvalue weighted by Gasteiger charge is -2.25. The summed E-state index contributed by atoms with van der Waals surface area (Å²) in [6, 6.07) is 15.3. The monoisotopic (exact) mass is 475 g/mol. The Morgan fingerprint density at radius 3 is 2.55 bits per heavy atom. The van der Waals surface area contributed by atoms with Crippen molar-refractivity contribution in [3.05, 3.63) is 104 Å². The fourth-order valence-electron chi connectivity index (χ4n) is 3.70. The van der Waals surface area contributed by atoms with Crippen LogP contribution in [0.5, 0.6) is 0 Å². The summed E-state index contributed by atoms with van der Waals surface area (Å²) < 4.78 is 0.721. The van der Waals surface area contributed by atoms with Crippen molar-refractivity contribution < 1.29 is 4.79 Å². The van der Waals surface area contributed by atoms with Crippen molar-refractivity contribution >= 4 is 38.4 Å². The number of aryl methyl sites for hydroxylation is 2. The number of hydrogen-bond donors (Lipinski definition) is 1. The van der Waals surface area contributed by atoms with Crippen LogP contribution in [0.1, 0.15) is 32.6 Å². The smallest absolute Gasteiger partial charge is 0.260 e. The first kappa shape index (κ1) is 21.0. The quantitative estimate of drug-likeness (QED) is 0.426. The molecule has 156 valence electrons. The van der Waals surface area contributed by atoms with Gasteiger partial charge in [-0.2, -0.15) is 0 Å². The number of halogens is 1. The van der Waals surface area contributed by atoms with E-state index in [9.17, 15) is 9.59 Å². The molecule has 0 aliphatic rings. The molecule has 0 atom stereocenters. The maximum Gasteiger partial charge on any atom is 0.260 e. The number of aromatic amines is 1. The maximum atomic E-state index is 13.5. The number of carbonyl (C=O) groups excluding carboxylic acids is 1. The van der Waals surface area contributed by atoms with Crippen molar-refractivity contribution in [2.75, 3.05) is 4.90 Å². The lowest BCUT2D eigenvalue weighted by atomic mass is 10.0. The molecule has 4 aromatic rings. The number of H-pyrrole nitrogens is 1. The standard InChI is InChI=1S/C25H22BrN3O2/c1-15-6-5-9-22(17(15)3)29(25(31)19-11-21(26)13-27-12-19)14-20-10-18-8-4-7-16(2)23(18)28-24(20)30/h4-13H,14H2,1-3H3,(H,28,30). The van der Waals surface area contributed by atoms with Gasteiger partial charge in [-0.05, 0) is 77.0 Å². The molecule has 2 aromatic carbocycles. The summed E-state index contributed by atoms with van der Waals surface area (Å²) in [7, 11) is 0. The van der Waals surface area contributed by atoms with Gasteiger partial charge in [0.2, 0.25) is 0 Å². The van der Waals surface area contributed by atoms with E-state index in [1.165, 1.54) is 0 Å². The summed E-state index contributed by atoms with van der Waals surface area (Å²) in [6.45, 7) is 6.10. The molecule has 0 bridgehead atoms. The molecule has 0 unspecified atom stereocenters. The molecule has 0 aliphatic heterocycles. The number of para-hydroxylation sites is 1. The minimum absolute atomic E-state index is 0.148. The summed E-state index contributed by atoms with van der Waals surface area (Å²) in [5, 5.41) is 0.937. The Bertz CT molecular complexity index is 1360. The van der Waals surface area contributed by atoms with Crippen LogP contribution in [0.15, 0.2) is 70.2 Å². The summed E-state index contributed by atoms with van der Waals surface area (Å²) in [4.78, 5) is 35.2. The molecule has 5 nitrogen and oxygen atoms in total. The highest BCUT2D eigenvalue weighted by atomic mass is 79.9. The molecule has 0 aliphatic carbocycles. The Morgan fingerprint density at radius 1 is 1.03 bits per heavy atom. The van der Waals surface area contributed by atoms with Gasteiger partial charge in [0.05, 0.1) is 17.6 Å². The second-order valence-electron chi connectivity index (χ2n) is 7.67. The minimum atomic E-state index is -0.216. The molecular weight excluding hydrogens is 454 g/mol. The molecule has 2 heterocycles. The van der Waals surface area contributed by atoms with Crippen LogP contribution in [0, 0.1) is 20.8 Å². The van der Waals surface area contributed by atoms with Crippen LogP contribution in [-0.4, -0.2) is 15.9 Å². The molecule has 0 fully saturated rings. The Hall–Kier alpha value is -3.25. The Kier molecular flexibility index (Phi) is 5.74. The number of pyridine rings is 2. The van der Waals surface area contributed by atoms with E-state index in [1.54, 1.807) is 23.4 Å². The van der Waals surface area contributed by atoms with Crippen LogP contribution in [0.2, 0.25) is 0 Å². The molecule has 31 heavy (non-hydrogen) atoms. The van der Waals surface area contributed by atoms with Crippen molar-refractivity contribution in [3.63, 3.8) is 0 Å². The van der Waals surface area contributed by atoms with Crippen LogP contribution >= 0.6 is 15.9 Å². The zero-order valence-electron chi connectivity index (χ0n) is 17.6. The number of nitrogens with zero attached hydrogens (tertiary/aromatic N) is 2. The lowest BCUT2D eigenvalue weighted by Crippen LogP contribution is -2.33. The number of nitrogens with one attached hydrogen (secondary N) is 1. The summed E-state index contributed by atoms with van der Waals surface area (Å²) >= 11 is 3.39. The Balaban J connectivity index is 1.84. The van der Waals surface area contributed by atoms with Crippen molar-refractivity contribution in [1.82, 2.24) is 9.97 Å². The van der Waals surface area contributed by atoms with Crippen molar-refractivity contribution in [3.8, 4) is 0 Å². The molecule has 4 rings (SSSR count). The van der Waals surface area contributed by atoms with E-state index < -0.39 is 0 Å². The number of aromatic nitrogens is 2. The highest BCUT2D eigenvalue weighted by molar-refractivity contribution is 9.10. The minimum Gasteiger partial charge on any atom is -0.321 e. The number of amides is 1. The van der Waals surface area contributed by atoms with Gasteiger partial charge < -0.3 is 9.88 Å². The number of fused-ring (bicyclic) bond motifs is 1. The maximum absolute atomic E-state index is 13.5. The van der Waals surface area contributed by atoms with Gasteiger partial charge >= 0.3 is 0 Å². The zero-order valence-corrected chi connectivity index (χ0v) is 19.2. The predicted octanol–water partition coefficient (Wildman–Crippen LogP) is 5.46. The van der Waals surface area contributed by atoms with Gasteiger partial charge in [-0.3, -0.25) is 14.6 Å². The van der Waals surface area contributed by atoms with Gasteiger partial charge in [0.15, 0.2) is 0 Å². The van der Waals surface area contributed by atoms with Gasteiger partial charge in [0, 0.05) is 28.1 Å². The number of rotatable bonds is 4. The van der Waals surface area contributed by atoms with E-state index >= 15 is 0 Å². The largest absolute Gasteiger partial charge is 0.321 e. The lowest BCUT2D eigenvalue weighted by molar-refractivity contribution is 0.0984. The normalized spacial score (nSPS) is 11.0. The number of benzene rings is 2. The molecule has 0 spiro atoms. The average Bonchev–Trinajstić information content (AvgIpc) is 2.75. The fraction of sp³-hybridized carbons (Fsp3) is 0.160. The number of hydrogen-bond acceptors (Lipinski definition) is 3. The van der Waals surface area contributed by atoms with Gasteiger partial charge in [0.25, 0.3) is 11.5 Å². The van der Waals surface area contributed by atoms with Gasteiger partial charge in [0.1, 0.15) is 0 Å². The molecule has 1 amide bonds. The number of carbonyl (C=O) groups is 1. The van der Waals surface area contributed by atoms with Crippen LogP contribution in [0.25, 0.3) is 10.9 Å². The predicted molar refractivity (Wildman–Crippen MR) is 128 cm³/mol. The van der Waals surface area contributed by atoms with Crippen molar-refractivity contribution in [2.24, 2.45) is 0 Å². The van der Waals surface area contributed by atoms with Crippen LogP contribution in [-0.2, 0) is 6.54 Å². The fourth-order valence-corrected chi connectivity index (χ4v) is 4.06. The third kappa shape index (κ3) is 4.16. The Labute approximate surface area is 188 Å². The van der Waals surface area contributed by atoms with Crippen molar-refractivity contribution in [1.29, 1.82) is 0 Å².